The summed E-state index contributed by atoms with van der Waals surface area (Å²) in [4.78, 5) is 27.2. The Labute approximate surface area is 172 Å². The predicted molar refractivity (Wildman–Crippen MR) is 101 cm³/mol. The van der Waals surface area contributed by atoms with E-state index >= 15 is 4.39 Å². The van der Waals surface area contributed by atoms with Crippen molar-refractivity contribution in [1.82, 2.24) is 14.6 Å². The number of aromatic nitrogens is 2. The van der Waals surface area contributed by atoms with Gasteiger partial charge in [-0.2, -0.15) is 4.98 Å². The molecule has 2 heterocycles. The lowest BCUT2D eigenvalue weighted by Crippen LogP contribution is -2.49. The lowest BCUT2D eigenvalue weighted by Gasteiger charge is -2.27. The van der Waals surface area contributed by atoms with Crippen LogP contribution in [0.3, 0.4) is 0 Å². The summed E-state index contributed by atoms with van der Waals surface area (Å²) in [7, 11) is -2.77. The van der Waals surface area contributed by atoms with Crippen LogP contribution >= 0.6 is 8.18 Å². The van der Waals surface area contributed by atoms with Crippen LogP contribution in [0.15, 0.2) is 17.1 Å². The molecule has 0 radical (unpaired) electrons. The number of aliphatic hydroxyl groups excluding tert-OH is 1. The first-order chi connectivity index (χ1) is 13.8. The molecule has 1 fully saturated rings. The molecule has 14 heteroatoms. The molecule has 0 aromatic carbocycles. The molecule has 0 amide bonds. The van der Waals surface area contributed by atoms with Gasteiger partial charge in [-0.25, -0.2) is 9.18 Å². The van der Waals surface area contributed by atoms with E-state index in [4.69, 9.17) is 19.7 Å². The molecule has 5 N–H and O–H groups in total. The van der Waals surface area contributed by atoms with Crippen LogP contribution in [0.4, 0.5) is 10.2 Å². The Balaban J connectivity index is 2.08. The number of aliphatic hydroxyl groups is 2. The quantitative estimate of drug-likeness (QED) is 0.302. The van der Waals surface area contributed by atoms with E-state index < -0.39 is 56.3 Å². The molecule has 0 saturated carbocycles. The van der Waals surface area contributed by atoms with Gasteiger partial charge in [-0.3, -0.25) is 9.36 Å². The van der Waals surface area contributed by atoms with Crippen LogP contribution in [0.25, 0.3) is 0 Å². The molecule has 1 aliphatic rings. The third-order valence-electron chi connectivity index (χ3n) is 4.26. The lowest BCUT2D eigenvalue weighted by atomic mass is 9.95. The van der Waals surface area contributed by atoms with Gasteiger partial charge in [-0.1, -0.05) is 5.09 Å². The van der Waals surface area contributed by atoms with Gasteiger partial charge in [-0.15, -0.1) is 4.52 Å². The molecular formula is C16H25FN4O8P+. The number of nitrogens with two attached hydrogens (primary N) is 1. The second kappa shape index (κ2) is 9.00. The number of halogens is 1. The molecular weight excluding hydrogens is 426 g/mol. The van der Waals surface area contributed by atoms with Crippen LogP contribution in [0, 0.1) is 0 Å². The maximum absolute atomic E-state index is 15.2. The van der Waals surface area contributed by atoms with Crippen molar-refractivity contribution in [2.24, 2.45) is 0 Å². The maximum atomic E-state index is 15.2. The molecule has 2 rings (SSSR count). The van der Waals surface area contributed by atoms with Gasteiger partial charge in [0.2, 0.25) is 0 Å². The standard InChI is InChI=1S/C16H24FN4O8P/c1-8(2)28-11(22)9(3)20-30(26)27-7-16(17)12(23)15(4,25)13(29-16)21-6-5-10(18)19-14(21)24/h5-6,8-9,12-13,23,25H,7H2,1-4H3,(H2-,18,19,20,24,26)/p+1/t9-,12-,13+,15+,16+/m0/s1. The predicted octanol–water partition coefficient (Wildman–Crippen LogP) is -0.264. The number of anilines is 1. The average Bonchev–Trinajstić information content (AvgIpc) is 2.80. The van der Waals surface area contributed by atoms with E-state index in [-0.39, 0.29) is 11.9 Å². The van der Waals surface area contributed by atoms with E-state index in [0.717, 1.165) is 17.7 Å². The highest BCUT2D eigenvalue weighted by Gasteiger charge is 2.64. The SMILES string of the molecule is CC(C)OC(=O)[C@H](C)N[P+](=O)OC[C@@]1(F)O[C@@H](n2ccc(N)nc2=O)[C@](C)(O)[C@@H]1O. The Bertz CT molecular complexity index is 866. The Morgan fingerprint density at radius 1 is 1.53 bits per heavy atom. The van der Waals surface area contributed by atoms with Crippen molar-refractivity contribution in [2.75, 3.05) is 12.3 Å². The second-order valence-corrected chi connectivity index (χ2v) is 8.32. The van der Waals surface area contributed by atoms with Gasteiger partial charge in [-0.05, 0) is 38.3 Å². The van der Waals surface area contributed by atoms with E-state index in [0.29, 0.717) is 0 Å². The number of carbonyl (C=O) groups excluding carboxylic acids is 1. The zero-order valence-corrected chi connectivity index (χ0v) is 17.7. The van der Waals surface area contributed by atoms with Crippen molar-refractivity contribution in [1.29, 1.82) is 0 Å². The summed E-state index contributed by atoms with van der Waals surface area (Å²) in [5.41, 5.74) is 2.19. The lowest BCUT2D eigenvalue weighted by molar-refractivity contribution is -0.202. The van der Waals surface area contributed by atoms with Crippen LogP contribution in [0.2, 0.25) is 0 Å². The fraction of sp³-hybridized carbons (Fsp3) is 0.688. The van der Waals surface area contributed by atoms with E-state index in [1.807, 2.05) is 0 Å². The Morgan fingerprint density at radius 2 is 2.17 bits per heavy atom. The number of nitrogens with one attached hydrogen (secondary N) is 1. The number of nitrogens with zero attached hydrogens (tertiary/aromatic N) is 2. The van der Waals surface area contributed by atoms with Gasteiger partial charge in [0.05, 0.1) is 6.10 Å². The number of hydrogen-bond acceptors (Lipinski definition) is 10. The molecule has 168 valence electrons. The molecule has 0 aliphatic carbocycles. The molecule has 1 aliphatic heterocycles. The van der Waals surface area contributed by atoms with E-state index in [2.05, 4.69) is 10.1 Å². The number of ether oxygens (including phenoxy) is 2. The van der Waals surface area contributed by atoms with Crippen LogP contribution in [-0.4, -0.2) is 62.0 Å². The molecule has 0 bridgehead atoms. The van der Waals surface area contributed by atoms with Crippen LogP contribution in [-0.2, 0) is 23.4 Å². The highest BCUT2D eigenvalue weighted by atomic mass is 31.1. The zero-order valence-electron chi connectivity index (χ0n) is 16.8. The van der Waals surface area contributed by atoms with Crippen LogP contribution in [0.1, 0.15) is 33.9 Å². The molecule has 6 atom stereocenters. The van der Waals surface area contributed by atoms with Crippen molar-refractivity contribution < 1.29 is 38.0 Å². The third-order valence-corrected chi connectivity index (χ3v) is 5.22. The van der Waals surface area contributed by atoms with Crippen LogP contribution in [0.5, 0.6) is 0 Å². The average molecular weight is 451 g/mol. The summed E-state index contributed by atoms with van der Waals surface area (Å²) in [6, 6.07) is 0.205. The summed E-state index contributed by atoms with van der Waals surface area (Å²) in [5.74, 6) is -3.82. The summed E-state index contributed by atoms with van der Waals surface area (Å²) in [6.07, 6.45) is -3.12. The molecule has 1 aromatic heterocycles. The topological polar surface area (TPSA) is 175 Å². The van der Waals surface area contributed by atoms with Gasteiger partial charge in [0.15, 0.2) is 12.8 Å². The molecule has 1 aromatic rings. The van der Waals surface area contributed by atoms with Crippen LogP contribution < -0.4 is 16.5 Å². The summed E-state index contributed by atoms with van der Waals surface area (Å²) in [6.45, 7) is 4.61. The number of esters is 1. The first kappa shape index (κ1) is 24.3. The monoisotopic (exact) mass is 451 g/mol. The summed E-state index contributed by atoms with van der Waals surface area (Å²) >= 11 is 0. The van der Waals surface area contributed by atoms with Crippen molar-refractivity contribution >= 4 is 20.0 Å². The molecule has 0 spiro atoms. The molecule has 1 saturated heterocycles. The largest absolute Gasteiger partial charge is 0.614 e. The van der Waals surface area contributed by atoms with Crippen molar-refractivity contribution in [3.05, 3.63) is 22.7 Å². The van der Waals surface area contributed by atoms with Gasteiger partial charge < -0.3 is 25.4 Å². The maximum Gasteiger partial charge on any atom is 0.614 e. The van der Waals surface area contributed by atoms with Crippen molar-refractivity contribution in [3.63, 3.8) is 0 Å². The van der Waals surface area contributed by atoms with Crippen molar-refractivity contribution in [2.45, 2.75) is 63.6 Å². The number of nitrogen functional groups attached to an aromatic ring is 1. The third kappa shape index (κ3) is 5.17. The minimum absolute atomic E-state index is 0.0996. The first-order valence-electron chi connectivity index (χ1n) is 8.96. The number of hydrogen-bond donors (Lipinski definition) is 4. The fourth-order valence-electron chi connectivity index (χ4n) is 2.73. The normalized spacial score (nSPS) is 30.3. The minimum atomic E-state index is -3.02. The minimum Gasteiger partial charge on any atom is -0.462 e. The van der Waals surface area contributed by atoms with Gasteiger partial charge in [0, 0.05) is 6.20 Å². The Morgan fingerprint density at radius 3 is 2.73 bits per heavy atom. The van der Waals surface area contributed by atoms with Crippen molar-refractivity contribution in [3.8, 4) is 0 Å². The highest BCUT2D eigenvalue weighted by molar-refractivity contribution is 7.36. The Hall–Kier alpha value is -2.02. The van der Waals surface area contributed by atoms with E-state index in [1.54, 1.807) is 13.8 Å². The molecule has 30 heavy (non-hydrogen) atoms. The first-order valence-corrected chi connectivity index (χ1v) is 10.1. The summed E-state index contributed by atoms with van der Waals surface area (Å²) in [5, 5.41) is 23.1. The van der Waals surface area contributed by atoms with Gasteiger partial charge in [0.1, 0.15) is 23.6 Å². The van der Waals surface area contributed by atoms with Gasteiger partial charge in [0.25, 0.3) is 5.85 Å². The number of carbonyl (C=O) groups is 1. The zero-order chi connectivity index (χ0) is 22.9. The van der Waals surface area contributed by atoms with E-state index in [1.165, 1.54) is 13.0 Å². The Kier molecular flexibility index (Phi) is 7.28. The van der Waals surface area contributed by atoms with E-state index in [9.17, 15) is 24.4 Å². The number of rotatable bonds is 8. The summed E-state index contributed by atoms with van der Waals surface area (Å²) < 4.78 is 42.8. The molecule has 12 nitrogen and oxygen atoms in total. The molecule has 1 unspecified atom stereocenters. The second-order valence-electron chi connectivity index (χ2n) is 7.29. The smallest absolute Gasteiger partial charge is 0.462 e. The highest BCUT2D eigenvalue weighted by Crippen LogP contribution is 2.45. The number of alkyl halides is 1. The fourth-order valence-corrected chi connectivity index (χ4v) is 3.51. The van der Waals surface area contributed by atoms with Gasteiger partial charge >= 0.3 is 19.8 Å².